The zero-order chi connectivity index (χ0) is 13.7. The first kappa shape index (κ1) is 13.6. The Kier molecular flexibility index (Phi) is 4.58. The van der Waals surface area contributed by atoms with Gasteiger partial charge in [-0.05, 0) is 42.5 Å². The molecule has 0 aliphatic heterocycles. The van der Waals surface area contributed by atoms with Crippen molar-refractivity contribution in [2.45, 2.75) is 19.3 Å². The van der Waals surface area contributed by atoms with E-state index in [1.165, 1.54) is 4.88 Å². The average Bonchev–Trinajstić information content (AvgIpc) is 2.89. The van der Waals surface area contributed by atoms with E-state index >= 15 is 0 Å². The largest absolute Gasteiger partial charge is 0.399 e. The Balaban J connectivity index is 2.25. The predicted octanol–water partition coefficient (Wildman–Crippen LogP) is 2.79. The standard InChI is InChI=1S/C15H18N2OS/c1-2-17-15(18)14(10-13-7-4-8-19-13)11-5-3-6-12(16)9-11/h3-9,14H,2,10,16H2,1H3,(H,17,18). The van der Waals surface area contributed by atoms with E-state index in [1.807, 2.05) is 42.6 Å². The molecule has 1 aromatic heterocycles. The van der Waals surface area contributed by atoms with Crippen LogP contribution in [-0.2, 0) is 11.2 Å². The topological polar surface area (TPSA) is 55.1 Å². The van der Waals surface area contributed by atoms with Crippen LogP contribution in [0.3, 0.4) is 0 Å². The van der Waals surface area contributed by atoms with E-state index in [0.717, 1.165) is 5.56 Å². The highest BCUT2D eigenvalue weighted by molar-refractivity contribution is 7.09. The Morgan fingerprint density at radius 3 is 2.84 bits per heavy atom. The fraction of sp³-hybridized carbons (Fsp3) is 0.267. The Morgan fingerprint density at radius 2 is 2.21 bits per heavy atom. The molecule has 19 heavy (non-hydrogen) atoms. The van der Waals surface area contributed by atoms with Crippen molar-refractivity contribution in [2.24, 2.45) is 0 Å². The van der Waals surface area contributed by atoms with Gasteiger partial charge in [-0.15, -0.1) is 11.3 Å². The molecule has 0 aliphatic carbocycles. The molecule has 4 heteroatoms. The van der Waals surface area contributed by atoms with Crippen LogP contribution in [0.1, 0.15) is 23.3 Å². The molecule has 1 aromatic carbocycles. The Morgan fingerprint density at radius 1 is 1.37 bits per heavy atom. The fourth-order valence-electron chi connectivity index (χ4n) is 2.07. The third-order valence-electron chi connectivity index (χ3n) is 2.97. The van der Waals surface area contributed by atoms with Gasteiger partial charge in [-0.3, -0.25) is 4.79 Å². The van der Waals surface area contributed by atoms with E-state index in [2.05, 4.69) is 11.4 Å². The first-order valence-electron chi connectivity index (χ1n) is 6.36. The number of thiophene rings is 1. The van der Waals surface area contributed by atoms with Gasteiger partial charge >= 0.3 is 0 Å². The predicted molar refractivity (Wildman–Crippen MR) is 80.3 cm³/mol. The number of anilines is 1. The zero-order valence-electron chi connectivity index (χ0n) is 10.9. The summed E-state index contributed by atoms with van der Waals surface area (Å²) >= 11 is 1.67. The molecule has 2 rings (SSSR count). The summed E-state index contributed by atoms with van der Waals surface area (Å²) in [5.74, 6) is -0.122. The van der Waals surface area contributed by atoms with Crippen molar-refractivity contribution < 1.29 is 4.79 Å². The van der Waals surface area contributed by atoms with Gasteiger partial charge in [-0.25, -0.2) is 0 Å². The highest BCUT2D eigenvalue weighted by atomic mass is 32.1. The van der Waals surface area contributed by atoms with Crippen LogP contribution in [0.2, 0.25) is 0 Å². The van der Waals surface area contributed by atoms with Crippen LogP contribution >= 0.6 is 11.3 Å². The second-order valence-electron chi connectivity index (χ2n) is 4.40. The van der Waals surface area contributed by atoms with Gasteiger partial charge in [-0.2, -0.15) is 0 Å². The quantitative estimate of drug-likeness (QED) is 0.824. The first-order chi connectivity index (χ1) is 9.20. The molecule has 1 atom stereocenters. The van der Waals surface area contributed by atoms with Gasteiger partial charge in [-0.1, -0.05) is 18.2 Å². The van der Waals surface area contributed by atoms with E-state index in [9.17, 15) is 4.79 Å². The van der Waals surface area contributed by atoms with Gasteiger partial charge in [0.25, 0.3) is 0 Å². The molecule has 100 valence electrons. The lowest BCUT2D eigenvalue weighted by molar-refractivity contribution is -0.122. The number of nitrogen functional groups attached to an aromatic ring is 1. The highest BCUT2D eigenvalue weighted by Crippen LogP contribution is 2.25. The molecule has 0 aliphatic rings. The lowest BCUT2D eigenvalue weighted by Crippen LogP contribution is -2.30. The minimum atomic E-state index is -0.179. The molecular formula is C15H18N2OS. The van der Waals surface area contributed by atoms with Crippen LogP contribution < -0.4 is 11.1 Å². The van der Waals surface area contributed by atoms with Crippen LogP contribution in [-0.4, -0.2) is 12.5 Å². The maximum Gasteiger partial charge on any atom is 0.227 e. The van der Waals surface area contributed by atoms with Crippen molar-refractivity contribution in [2.75, 3.05) is 12.3 Å². The van der Waals surface area contributed by atoms with E-state index in [-0.39, 0.29) is 11.8 Å². The normalized spacial score (nSPS) is 12.1. The Hall–Kier alpha value is -1.81. The molecule has 3 nitrogen and oxygen atoms in total. The van der Waals surface area contributed by atoms with Crippen molar-refractivity contribution in [3.8, 4) is 0 Å². The second kappa shape index (κ2) is 6.38. The molecule has 0 saturated heterocycles. The molecule has 1 amide bonds. The molecule has 1 unspecified atom stereocenters. The Labute approximate surface area is 117 Å². The van der Waals surface area contributed by atoms with Crippen LogP contribution in [0.5, 0.6) is 0 Å². The third kappa shape index (κ3) is 3.58. The molecular weight excluding hydrogens is 256 g/mol. The van der Waals surface area contributed by atoms with Gasteiger partial charge in [0, 0.05) is 17.1 Å². The zero-order valence-corrected chi connectivity index (χ0v) is 11.7. The monoisotopic (exact) mass is 274 g/mol. The first-order valence-corrected chi connectivity index (χ1v) is 7.24. The molecule has 0 fully saturated rings. The maximum atomic E-state index is 12.2. The summed E-state index contributed by atoms with van der Waals surface area (Å²) in [6.07, 6.45) is 0.715. The maximum absolute atomic E-state index is 12.2. The molecule has 0 radical (unpaired) electrons. The number of hydrogen-bond donors (Lipinski definition) is 2. The molecule has 1 heterocycles. The van der Waals surface area contributed by atoms with Crippen LogP contribution in [0, 0.1) is 0 Å². The average molecular weight is 274 g/mol. The summed E-state index contributed by atoms with van der Waals surface area (Å²) in [6, 6.07) is 11.6. The van der Waals surface area contributed by atoms with Crippen molar-refractivity contribution in [3.05, 3.63) is 52.2 Å². The molecule has 3 N–H and O–H groups in total. The minimum absolute atomic E-state index is 0.0569. The summed E-state index contributed by atoms with van der Waals surface area (Å²) in [4.78, 5) is 13.4. The van der Waals surface area contributed by atoms with Crippen molar-refractivity contribution in [1.82, 2.24) is 5.32 Å². The van der Waals surface area contributed by atoms with E-state index < -0.39 is 0 Å². The lowest BCUT2D eigenvalue weighted by atomic mass is 9.93. The highest BCUT2D eigenvalue weighted by Gasteiger charge is 2.21. The van der Waals surface area contributed by atoms with Gasteiger partial charge < -0.3 is 11.1 Å². The number of amides is 1. The summed E-state index contributed by atoms with van der Waals surface area (Å²) in [7, 11) is 0. The van der Waals surface area contributed by atoms with Gasteiger partial charge in [0.2, 0.25) is 5.91 Å². The minimum Gasteiger partial charge on any atom is -0.399 e. The number of nitrogens with one attached hydrogen (secondary N) is 1. The summed E-state index contributed by atoms with van der Waals surface area (Å²) in [5, 5.41) is 4.93. The van der Waals surface area contributed by atoms with Crippen LogP contribution in [0.25, 0.3) is 0 Å². The van der Waals surface area contributed by atoms with Crippen molar-refractivity contribution in [1.29, 1.82) is 0 Å². The molecule has 0 saturated carbocycles. The number of rotatable bonds is 5. The third-order valence-corrected chi connectivity index (χ3v) is 3.86. The van der Waals surface area contributed by atoms with Crippen LogP contribution in [0.15, 0.2) is 41.8 Å². The van der Waals surface area contributed by atoms with E-state index in [4.69, 9.17) is 5.73 Å². The molecule has 2 aromatic rings. The number of nitrogens with two attached hydrogens (primary N) is 1. The fourth-order valence-corrected chi connectivity index (χ4v) is 2.82. The molecule has 0 bridgehead atoms. The SMILES string of the molecule is CCNC(=O)C(Cc1cccs1)c1cccc(N)c1. The number of benzene rings is 1. The van der Waals surface area contributed by atoms with Crippen molar-refractivity contribution in [3.63, 3.8) is 0 Å². The van der Waals surface area contributed by atoms with Gasteiger partial charge in [0.1, 0.15) is 0 Å². The van der Waals surface area contributed by atoms with E-state index in [1.54, 1.807) is 11.3 Å². The number of hydrogen-bond acceptors (Lipinski definition) is 3. The number of carbonyl (C=O) groups excluding carboxylic acids is 1. The summed E-state index contributed by atoms with van der Waals surface area (Å²) < 4.78 is 0. The summed E-state index contributed by atoms with van der Waals surface area (Å²) in [6.45, 7) is 2.57. The van der Waals surface area contributed by atoms with Gasteiger partial charge in [0.05, 0.1) is 5.92 Å². The second-order valence-corrected chi connectivity index (χ2v) is 5.43. The van der Waals surface area contributed by atoms with Gasteiger partial charge in [0.15, 0.2) is 0 Å². The number of likely N-dealkylation sites (N-methyl/N-ethyl adjacent to an activating group) is 1. The number of carbonyl (C=O) groups is 1. The molecule has 0 spiro atoms. The van der Waals surface area contributed by atoms with Crippen molar-refractivity contribution >= 4 is 22.9 Å². The lowest BCUT2D eigenvalue weighted by Gasteiger charge is -2.16. The van der Waals surface area contributed by atoms with E-state index in [0.29, 0.717) is 18.7 Å². The summed E-state index contributed by atoms with van der Waals surface area (Å²) in [5.41, 5.74) is 7.48. The smallest absolute Gasteiger partial charge is 0.227 e. The Bertz CT molecular complexity index is 537. The van der Waals surface area contributed by atoms with Crippen LogP contribution in [0.4, 0.5) is 5.69 Å².